The molecule has 1 heterocycles. The molecule has 1 N–H and O–H groups in total. The molecular weight excluding hydrogens is 324 g/mol. The molecule has 4 nitrogen and oxygen atoms in total. The minimum absolute atomic E-state index is 0.102. The standard InChI is InChI=1S/C19H21F2N3O/c20-16-6-7-18(17(21)14-16)23-10-12-24(13-11-23)19(25)22-9-8-15-4-2-1-3-5-15/h1-7,14H,8-13H2,(H,22,25). The summed E-state index contributed by atoms with van der Waals surface area (Å²) >= 11 is 0. The van der Waals surface area contributed by atoms with Gasteiger partial charge in [0.25, 0.3) is 0 Å². The Hall–Kier alpha value is -2.63. The predicted octanol–water partition coefficient (Wildman–Crippen LogP) is 3.04. The second-order valence-corrected chi connectivity index (χ2v) is 6.04. The molecular formula is C19H21F2N3O. The summed E-state index contributed by atoms with van der Waals surface area (Å²) in [6, 6.07) is 13.5. The molecule has 1 fully saturated rings. The SMILES string of the molecule is O=C(NCCc1ccccc1)N1CCN(c2ccc(F)cc2F)CC1. The van der Waals surface area contributed by atoms with Gasteiger partial charge in [0.15, 0.2) is 0 Å². The van der Waals surface area contributed by atoms with Gasteiger partial charge in [-0.3, -0.25) is 0 Å². The van der Waals surface area contributed by atoms with Crippen molar-refractivity contribution in [1.82, 2.24) is 10.2 Å². The molecule has 2 amide bonds. The van der Waals surface area contributed by atoms with Gasteiger partial charge >= 0.3 is 6.03 Å². The van der Waals surface area contributed by atoms with Gasteiger partial charge in [0, 0.05) is 38.8 Å². The molecule has 1 aliphatic heterocycles. The maximum absolute atomic E-state index is 13.8. The lowest BCUT2D eigenvalue weighted by Gasteiger charge is -2.36. The number of carbonyl (C=O) groups excluding carboxylic acids is 1. The number of piperazine rings is 1. The number of nitrogens with zero attached hydrogens (tertiary/aromatic N) is 2. The molecule has 0 bridgehead atoms. The van der Waals surface area contributed by atoms with Crippen LogP contribution in [0.4, 0.5) is 19.3 Å². The molecule has 25 heavy (non-hydrogen) atoms. The molecule has 1 saturated heterocycles. The quantitative estimate of drug-likeness (QED) is 0.925. The summed E-state index contributed by atoms with van der Waals surface area (Å²) in [5.41, 5.74) is 1.56. The fourth-order valence-electron chi connectivity index (χ4n) is 2.96. The number of halogens is 2. The Morgan fingerprint density at radius 1 is 1.00 bits per heavy atom. The van der Waals surface area contributed by atoms with E-state index in [2.05, 4.69) is 5.32 Å². The molecule has 3 rings (SSSR count). The summed E-state index contributed by atoms with van der Waals surface area (Å²) in [7, 11) is 0. The Kier molecular flexibility index (Phi) is 5.48. The molecule has 0 spiro atoms. The largest absolute Gasteiger partial charge is 0.366 e. The van der Waals surface area contributed by atoms with E-state index in [1.165, 1.54) is 17.7 Å². The number of amides is 2. The Morgan fingerprint density at radius 3 is 2.40 bits per heavy atom. The normalized spacial score (nSPS) is 14.5. The predicted molar refractivity (Wildman–Crippen MR) is 93.7 cm³/mol. The van der Waals surface area contributed by atoms with Crippen LogP contribution in [-0.4, -0.2) is 43.7 Å². The number of hydrogen-bond acceptors (Lipinski definition) is 2. The van der Waals surface area contributed by atoms with Crippen LogP contribution in [0.25, 0.3) is 0 Å². The van der Waals surface area contributed by atoms with E-state index in [1.807, 2.05) is 35.2 Å². The number of rotatable bonds is 4. The molecule has 1 aliphatic rings. The molecule has 0 radical (unpaired) electrons. The maximum atomic E-state index is 13.8. The van der Waals surface area contributed by atoms with Gasteiger partial charge in [-0.1, -0.05) is 30.3 Å². The Bertz CT molecular complexity index is 716. The van der Waals surface area contributed by atoms with Crippen molar-refractivity contribution in [3.8, 4) is 0 Å². The van der Waals surface area contributed by atoms with Gasteiger partial charge in [0.05, 0.1) is 5.69 Å². The monoisotopic (exact) mass is 345 g/mol. The van der Waals surface area contributed by atoms with Crippen molar-refractivity contribution in [3.05, 3.63) is 65.7 Å². The second kappa shape index (κ2) is 7.96. The lowest BCUT2D eigenvalue weighted by molar-refractivity contribution is 0.194. The van der Waals surface area contributed by atoms with Gasteiger partial charge in [-0.2, -0.15) is 0 Å². The summed E-state index contributed by atoms with van der Waals surface area (Å²) in [6.45, 7) is 2.64. The van der Waals surface area contributed by atoms with Crippen molar-refractivity contribution in [2.45, 2.75) is 6.42 Å². The summed E-state index contributed by atoms with van der Waals surface area (Å²) in [6.07, 6.45) is 0.785. The third kappa shape index (κ3) is 4.47. The van der Waals surface area contributed by atoms with E-state index >= 15 is 0 Å². The first-order valence-electron chi connectivity index (χ1n) is 8.40. The molecule has 6 heteroatoms. The number of anilines is 1. The van der Waals surface area contributed by atoms with E-state index in [-0.39, 0.29) is 6.03 Å². The smallest absolute Gasteiger partial charge is 0.317 e. The minimum atomic E-state index is -0.585. The van der Waals surface area contributed by atoms with Gasteiger partial charge < -0.3 is 15.1 Å². The Morgan fingerprint density at radius 2 is 1.72 bits per heavy atom. The average molecular weight is 345 g/mol. The summed E-state index contributed by atoms with van der Waals surface area (Å²) in [5.74, 6) is -1.15. The van der Waals surface area contributed by atoms with Crippen LogP contribution in [0.5, 0.6) is 0 Å². The van der Waals surface area contributed by atoms with Crippen LogP contribution in [0.15, 0.2) is 48.5 Å². The van der Waals surface area contributed by atoms with Crippen LogP contribution in [-0.2, 0) is 6.42 Å². The molecule has 0 unspecified atom stereocenters. The fraction of sp³-hybridized carbons (Fsp3) is 0.316. The third-order valence-electron chi connectivity index (χ3n) is 4.35. The number of nitrogens with one attached hydrogen (secondary N) is 1. The molecule has 0 atom stereocenters. The number of carbonyl (C=O) groups is 1. The molecule has 0 saturated carbocycles. The third-order valence-corrected chi connectivity index (χ3v) is 4.35. The van der Waals surface area contributed by atoms with Crippen molar-refractivity contribution in [2.24, 2.45) is 0 Å². The highest BCUT2D eigenvalue weighted by molar-refractivity contribution is 5.74. The van der Waals surface area contributed by atoms with E-state index in [0.29, 0.717) is 38.4 Å². The number of urea groups is 1. The minimum Gasteiger partial charge on any atom is -0.366 e. The topological polar surface area (TPSA) is 35.6 Å². The van der Waals surface area contributed by atoms with Crippen molar-refractivity contribution in [3.63, 3.8) is 0 Å². The molecule has 0 aliphatic carbocycles. The van der Waals surface area contributed by atoms with E-state index in [4.69, 9.17) is 0 Å². The van der Waals surface area contributed by atoms with Crippen molar-refractivity contribution in [2.75, 3.05) is 37.6 Å². The molecule has 0 aromatic heterocycles. The van der Waals surface area contributed by atoms with Crippen molar-refractivity contribution in [1.29, 1.82) is 0 Å². The first kappa shape index (κ1) is 17.2. The van der Waals surface area contributed by atoms with Gasteiger partial charge in [0.1, 0.15) is 11.6 Å². The summed E-state index contributed by atoms with van der Waals surface area (Å²) < 4.78 is 26.8. The van der Waals surface area contributed by atoms with Crippen LogP contribution in [0.1, 0.15) is 5.56 Å². The van der Waals surface area contributed by atoms with E-state index in [9.17, 15) is 13.6 Å². The fourth-order valence-corrected chi connectivity index (χ4v) is 2.96. The van der Waals surface area contributed by atoms with Crippen molar-refractivity contribution >= 4 is 11.7 Å². The zero-order valence-corrected chi connectivity index (χ0v) is 13.9. The zero-order chi connectivity index (χ0) is 17.6. The van der Waals surface area contributed by atoms with Crippen LogP contribution in [0.3, 0.4) is 0 Å². The highest BCUT2D eigenvalue weighted by Gasteiger charge is 2.22. The number of benzene rings is 2. The van der Waals surface area contributed by atoms with Crippen LogP contribution >= 0.6 is 0 Å². The highest BCUT2D eigenvalue weighted by Crippen LogP contribution is 2.21. The molecule has 2 aromatic carbocycles. The average Bonchev–Trinajstić information content (AvgIpc) is 2.63. The van der Waals surface area contributed by atoms with E-state index < -0.39 is 11.6 Å². The van der Waals surface area contributed by atoms with Gasteiger partial charge in [0.2, 0.25) is 0 Å². The summed E-state index contributed by atoms with van der Waals surface area (Å²) in [5, 5.41) is 2.92. The first-order valence-corrected chi connectivity index (χ1v) is 8.40. The maximum Gasteiger partial charge on any atom is 0.317 e. The number of hydrogen-bond donors (Lipinski definition) is 1. The van der Waals surface area contributed by atoms with E-state index in [1.54, 1.807) is 4.90 Å². The van der Waals surface area contributed by atoms with Gasteiger partial charge in [-0.25, -0.2) is 13.6 Å². The Balaban J connectivity index is 1.46. The van der Waals surface area contributed by atoms with Gasteiger partial charge in [-0.05, 0) is 24.1 Å². The lowest BCUT2D eigenvalue weighted by atomic mass is 10.1. The van der Waals surface area contributed by atoms with Crippen molar-refractivity contribution < 1.29 is 13.6 Å². The van der Waals surface area contributed by atoms with Gasteiger partial charge in [-0.15, -0.1) is 0 Å². The van der Waals surface area contributed by atoms with E-state index in [0.717, 1.165) is 12.5 Å². The summed E-state index contributed by atoms with van der Waals surface area (Å²) in [4.78, 5) is 15.8. The highest BCUT2D eigenvalue weighted by atomic mass is 19.1. The van der Waals surface area contributed by atoms with Crippen LogP contribution in [0, 0.1) is 11.6 Å². The van der Waals surface area contributed by atoms with Crippen LogP contribution < -0.4 is 10.2 Å². The first-order chi connectivity index (χ1) is 12.1. The molecule has 132 valence electrons. The zero-order valence-electron chi connectivity index (χ0n) is 13.9. The second-order valence-electron chi connectivity index (χ2n) is 6.04. The lowest BCUT2D eigenvalue weighted by Crippen LogP contribution is -2.52. The Labute approximate surface area is 146 Å². The van der Waals surface area contributed by atoms with Crippen LogP contribution in [0.2, 0.25) is 0 Å². The molecule has 2 aromatic rings.